The summed E-state index contributed by atoms with van der Waals surface area (Å²) in [5, 5.41) is 20.0. The number of carbonyl (C=O) groups is 1. The van der Waals surface area contributed by atoms with Gasteiger partial charge in [-0.1, -0.05) is 13.8 Å². The van der Waals surface area contributed by atoms with Gasteiger partial charge in [-0.15, -0.1) is 0 Å². The van der Waals surface area contributed by atoms with E-state index in [0.29, 0.717) is 24.2 Å². The number of hydrogen-bond acceptors (Lipinski definition) is 2. The van der Waals surface area contributed by atoms with Crippen LogP contribution in [0.4, 0.5) is 0 Å². The van der Waals surface area contributed by atoms with Gasteiger partial charge in [0.15, 0.2) is 5.60 Å². The lowest BCUT2D eigenvalue weighted by Crippen LogP contribution is -2.52. The second kappa shape index (κ2) is 4.47. The molecule has 4 aliphatic rings. The summed E-state index contributed by atoms with van der Waals surface area (Å²) in [6.45, 7) is 3.65. The molecule has 1 atom stereocenters. The minimum atomic E-state index is -1.53. The zero-order valence-electron chi connectivity index (χ0n) is 12.0. The van der Waals surface area contributed by atoms with E-state index in [1.54, 1.807) is 0 Å². The molecule has 0 radical (unpaired) electrons. The Bertz CT molecular complexity index is 348. The predicted octanol–water partition coefficient (Wildman–Crippen LogP) is 2.92. The molecule has 4 saturated carbocycles. The lowest BCUT2D eigenvalue weighted by molar-refractivity contribution is -0.171. The van der Waals surface area contributed by atoms with E-state index in [-0.39, 0.29) is 5.92 Å². The number of carboxylic acids is 1. The highest BCUT2D eigenvalue weighted by Gasteiger charge is 2.52. The highest BCUT2D eigenvalue weighted by Crippen LogP contribution is 2.58. The van der Waals surface area contributed by atoms with Crippen molar-refractivity contribution in [2.24, 2.45) is 35.5 Å². The van der Waals surface area contributed by atoms with E-state index in [4.69, 9.17) is 0 Å². The zero-order chi connectivity index (χ0) is 13.8. The molecule has 0 heterocycles. The normalized spacial score (nSPS) is 43.5. The van der Waals surface area contributed by atoms with Gasteiger partial charge in [-0.2, -0.15) is 0 Å². The fraction of sp³-hybridized carbons (Fsp3) is 0.938. The van der Waals surface area contributed by atoms with Crippen molar-refractivity contribution in [1.82, 2.24) is 0 Å². The first kappa shape index (κ1) is 13.4. The van der Waals surface area contributed by atoms with Gasteiger partial charge in [-0.3, -0.25) is 0 Å². The molecule has 4 aliphatic carbocycles. The number of aliphatic carboxylic acids is 1. The monoisotopic (exact) mass is 266 g/mol. The maximum Gasteiger partial charge on any atom is 0.335 e. The van der Waals surface area contributed by atoms with Crippen molar-refractivity contribution in [2.45, 2.75) is 58.0 Å². The molecule has 4 rings (SSSR count). The molecule has 3 nitrogen and oxygen atoms in total. The Balaban J connectivity index is 1.78. The fourth-order valence-corrected chi connectivity index (χ4v) is 5.30. The number of carboxylic acid groups (broad SMARTS) is 1. The summed E-state index contributed by atoms with van der Waals surface area (Å²) >= 11 is 0. The first-order valence-electron chi connectivity index (χ1n) is 7.86. The van der Waals surface area contributed by atoms with E-state index in [1.807, 2.05) is 13.8 Å². The summed E-state index contributed by atoms with van der Waals surface area (Å²) in [6.07, 6.45) is 7.01. The number of hydrogen-bond donors (Lipinski definition) is 2. The summed E-state index contributed by atoms with van der Waals surface area (Å²) in [7, 11) is 0. The van der Waals surface area contributed by atoms with Crippen molar-refractivity contribution >= 4 is 5.97 Å². The van der Waals surface area contributed by atoms with Crippen LogP contribution in [0.25, 0.3) is 0 Å². The predicted molar refractivity (Wildman–Crippen MR) is 72.6 cm³/mol. The van der Waals surface area contributed by atoms with Crippen molar-refractivity contribution in [3.8, 4) is 0 Å². The van der Waals surface area contributed by atoms with Crippen LogP contribution in [0.1, 0.15) is 52.4 Å². The van der Waals surface area contributed by atoms with Gasteiger partial charge in [0.25, 0.3) is 0 Å². The topological polar surface area (TPSA) is 57.5 Å². The molecule has 2 N–H and O–H groups in total. The third-order valence-corrected chi connectivity index (χ3v) is 6.29. The third-order valence-electron chi connectivity index (χ3n) is 6.29. The highest BCUT2D eigenvalue weighted by atomic mass is 16.4. The van der Waals surface area contributed by atoms with Crippen LogP contribution in [-0.2, 0) is 4.79 Å². The van der Waals surface area contributed by atoms with Gasteiger partial charge < -0.3 is 10.2 Å². The molecule has 3 heteroatoms. The molecule has 19 heavy (non-hydrogen) atoms. The van der Waals surface area contributed by atoms with Gasteiger partial charge in [0, 0.05) is 0 Å². The first-order valence-corrected chi connectivity index (χ1v) is 7.86. The van der Waals surface area contributed by atoms with Crippen LogP contribution in [0, 0.1) is 35.5 Å². The van der Waals surface area contributed by atoms with Crippen LogP contribution >= 0.6 is 0 Å². The SMILES string of the molecule is CC(C)C(O)(CC1C2CC3CC(C2)CC1C3)C(=O)O. The molecule has 0 aromatic rings. The second-order valence-corrected chi connectivity index (χ2v) is 7.68. The van der Waals surface area contributed by atoms with Crippen molar-refractivity contribution in [2.75, 3.05) is 0 Å². The lowest BCUT2D eigenvalue weighted by atomic mass is 9.50. The molecule has 0 aromatic heterocycles. The van der Waals surface area contributed by atoms with E-state index >= 15 is 0 Å². The van der Waals surface area contributed by atoms with Gasteiger partial charge in [0.1, 0.15) is 0 Å². The van der Waals surface area contributed by atoms with Crippen LogP contribution < -0.4 is 0 Å². The summed E-state index contributed by atoms with van der Waals surface area (Å²) in [6, 6.07) is 0. The molecule has 4 bridgehead atoms. The Labute approximate surface area is 115 Å². The van der Waals surface area contributed by atoms with E-state index in [0.717, 1.165) is 11.8 Å². The Morgan fingerprint density at radius 3 is 1.95 bits per heavy atom. The number of aliphatic hydroxyl groups is 1. The van der Waals surface area contributed by atoms with E-state index < -0.39 is 11.6 Å². The van der Waals surface area contributed by atoms with Gasteiger partial charge in [-0.05, 0) is 74.0 Å². The van der Waals surface area contributed by atoms with E-state index in [1.165, 1.54) is 32.1 Å². The molecule has 108 valence electrons. The minimum absolute atomic E-state index is 0.220. The largest absolute Gasteiger partial charge is 0.479 e. The third kappa shape index (κ3) is 2.10. The van der Waals surface area contributed by atoms with E-state index in [9.17, 15) is 15.0 Å². The Morgan fingerprint density at radius 2 is 1.58 bits per heavy atom. The lowest BCUT2D eigenvalue weighted by Gasteiger charge is -2.55. The van der Waals surface area contributed by atoms with Crippen molar-refractivity contribution in [3.63, 3.8) is 0 Å². The second-order valence-electron chi connectivity index (χ2n) is 7.68. The Morgan fingerprint density at radius 1 is 1.11 bits per heavy atom. The summed E-state index contributed by atoms with van der Waals surface area (Å²) in [4.78, 5) is 11.5. The van der Waals surface area contributed by atoms with Crippen molar-refractivity contribution in [3.05, 3.63) is 0 Å². The maximum absolute atomic E-state index is 11.5. The van der Waals surface area contributed by atoms with Gasteiger partial charge in [0.05, 0.1) is 0 Å². The molecule has 0 spiro atoms. The zero-order valence-corrected chi connectivity index (χ0v) is 12.0. The average molecular weight is 266 g/mol. The first-order chi connectivity index (χ1) is 8.90. The van der Waals surface area contributed by atoms with Crippen molar-refractivity contribution < 1.29 is 15.0 Å². The number of rotatable bonds is 4. The van der Waals surface area contributed by atoms with Gasteiger partial charge >= 0.3 is 5.97 Å². The maximum atomic E-state index is 11.5. The quantitative estimate of drug-likeness (QED) is 0.822. The smallest absolute Gasteiger partial charge is 0.335 e. The summed E-state index contributed by atoms with van der Waals surface area (Å²) in [5.41, 5.74) is -1.53. The van der Waals surface area contributed by atoms with E-state index in [2.05, 4.69) is 0 Å². The summed E-state index contributed by atoms with van der Waals surface area (Å²) < 4.78 is 0. The van der Waals surface area contributed by atoms with Crippen LogP contribution in [0.15, 0.2) is 0 Å². The molecule has 1 unspecified atom stereocenters. The van der Waals surface area contributed by atoms with Gasteiger partial charge in [-0.25, -0.2) is 4.79 Å². The molecular formula is C16H26O3. The average Bonchev–Trinajstić information content (AvgIpc) is 2.32. The molecular weight excluding hydrogens is 240 g/mol. The molecule has 0 saturated heterocycles. The molecule has 0 amide bonds. The highest BCUT2D eigenvalue weighted by molar-refractivity contribution is 5.77. The summed E-state index contributed by atoms with van der Waals surface area (Å²) in [5.74, 6) is 2.35. The van der Waals surface area contributed by atoms with Crippen LogP contribution in [0.2, 0.25) is 0 Å². The Hall–Kier alpha value is -0.570. The van der Waals surface area contributed by atoms with Crippen molar-refractivity contribution in [1.29, 1.82) is 0 Å². The minimum Gasteiger partial charge on any atom is -0.479 e. The standard InChI is InChI=1S/C16H26O3/c1-9(2)16(19,15(17)18)8-14-12-4-10-3-11(6-12)7-13(14)5-10/h9-14,19H,3-8H2,1-2H3,(H,17,18). The molecule has 4 fully saturated rings. The van der Waals surface area contributed by atoms with Gasteiger partial charge in [0.2, 0.25) is 0 Å². The molecule has 0 aliphatic heterocycles. The van der Waals surface area contributed by atoms with Crippen LogP contribution in [0.3, 0.4) is 0 Å². The molecule has 0 aromatic carbocycles. The fourth-order valence-electron chi connectivity index (χ4n) is 5.30. The van der Waals surface area contributed by atoms with Crippen LogP contribution in [-0.4, -0.2) is 21.8 Å². The van der Waals surface area contributed by atoms with Crippen LogP contribution in [0.5, 0.6) is 0 Å². The Kier molecular flexibility index (Phi) is 3.16.